The highest BCUT2D eigenvalue weighted by Gasteiger charge is 2.33. The van der Waals surface area contributed by atoms with Gasteiger partial charge in [-0.05, 0) is 24.6 Å². The van der Waals surface area contributed by atoms with E-state index in [0.717, 1.165) is 18.2 Å². The van der Waals surface area contributed by atoms with Gasteiger partial charge < -0.3 is 10.4 Å². The van der Waals surface area contributed by atoms with E-state index in [1.165, 1.54) is 12.1 Å². The number of benzene rings is 1. The van der Waals surface area contributed by atoms with Crippen LogP contribution in [0, 0.1) is 11.3 Å². The summed E-state index contributed by atoms with van der Waals surface area (Å²) in [5.74, 6) is -1.16. The molecule has 1 unspecified atom stereocenters. The first-order chi connectivity index (χ1) is 9.29. The number of hydrogen-bond acceptors (Lipinski definition) is 3. The van der Waals surface area contributed by atoms with E-state index in [4.69, 9.17) is 10.4 Å². The average Bonchev–Trinajstić information content (AvgIpc) is 2.36. The topological polar surface area (TPSA) is 73.1 Å². The highest BCUT2D eigenvalue weighted by molar-refractivity contribution is 5.77. The Morgan fingerprint density at radius 3 is 2.65 bits per heavy atom. The maximum absolute atomic E-state index is 12.6. The van der Waals surface area contributed by atoms with Crippen LogP contribution in [0.15, 0.2) is 30.9 Å². The molecular weight excluding hydrogens is 273 g/mol. The van der Waals surface area contributed by atoms with E-state index < -0.39 is 29.3 Å². The van der Waals surface area contributed by atoms with Crippen LogP contribution in [-0.4, -0.2) is 17.1 Å². The van der Waals surface area contributed by atoms with Crippen LogP contribution in [0.4, 0.5) is 18.9 Å². The standard InChI is InChI=1S/C13H11F3N2O2/c1-2-3-11(12(19)20)18-9-4-5-10(13(14,15)16)8(6-9)7-17/h2,4-6,11,18H,1,3H2,(H,19,20). The highest BCUT2D eigenvalue weighted by Crippen LogP contribution is 2.33. The van der Waals surface area contributed by atoms with Gasteiger partial charge in [0.05, 0.1) is 17.2 Å². The largest absolute Gasteiger partial charge is 0.480 e. The second-order valence-corrected chi connectivity index (χ2v) is 3.93. The van der Waals surface area contributed by atoms with Crippen molar-refractivity contribution in [2.24, 2.45) is 0 Å². The van der Waals surface area contributed by atoms with E-state index >= 15 is 0 Å². The fraction of sp³-hybridized carbons (Fsp3) is 0.231. The molecule has 0 heterocycles. The van der Waals surface area contributed by atoms with E-state index in [1.54, 1.807) is 0 Å². The predicted octanol–water partition coefficient (Wildman–Crippen LogP) is 3.02. The number of carboxylic acids is 1. The van der Waals surface area contributed by atoms with Crippen molar-refractivity contribution in [2.75, 3.05) is 5.32 Å². The average molecular weight is 284 g/mol. The summed E-state index contributed by atoms with van der Waals surface area (Å²) in [5, 5.41) is 20.2. The van der Waals surface area contributed by atoms with Crippen LogP contribution in [0.1, 0.15) is 17.5 Å². The minimum atomic E-state index is -4.63. The Bertz CT molecular complexity index is 562. The Hall–Kier alpha value is -2.49. The van der Waals surface area contributed by atoms with E-state index in [0.29, 0.717) is 0 Å². The number of aliphatic carboxylic acids is 1. The third-order valence-corrected chi connectivity index (χ3v) is 2.49. The molecule has 0 radical (unpaired) electrons. The van der Waals surface area contributed by atoms with Gasteiger partial charge in [0.2, 0.25) is 0 Å². The molecule has 20 heavy (non-hydrogen) atoms. The first-order valence-electron chi connectivity index (χ1n) is 5.51. The molecule has 7 heteroatoms. The minimum absolute atomic E-state index is 0.0955. The molecule has 1 rings (SSSR count). The molecule has 0 spiro atoms. The summed E-state index contributed by atoms with van der Waals surface area (Å²) in [5.41, 5.74) is -1.49. The molecule has 1 aromatic rings. The normalized spacial score (nSPS) is 12.3. The van der Waals surface area contributed by atoms with E-state index in [1.807, 2.05) is 0 Å². The third-order valence-electron chi connectivity index (χ3n) is 2.49. The molecule has 0 aliphatic carbocycles. The summed E-state index contributed by atoms with van der Waals surface area (Å²) in [6, 6.07) is 3.24. The lowest BCUT2D eigenvalue weighted by atomic mass is 10.1. The predicted molar refractivity (Wildman–Crippen MR) is 66.0 cm³/mol. The maximum Gasteiger partial charge on any atom is 0.417 e. The van der Waals surface area contributed by atoms with Crippen molar-refractivity contribution in [1.29, 1.82) is 5.26 Å². The van der Waals surface area contributed by atoms with Gasteiger partial charge in [-0.25, -0.2) is 4.79 Å². The molecule has 2 N–H and O–H groups in total. The van der Waals surface area contributed by atoms with Gasteiger partial charge in [-0.1, -0.05) is 6.08 Å². The molecule has 1 atom stereocenters. The number of rotatable bonds is 5. The monoisotopic (exact) mass is 284 g/mol. The van der Waals surface area contributed by atoms with Crippen molar-refractivity contribution < 1.29 is 23.1 Å². The second kappa shape index (κ2) is 6.10. The van der Waals surface area contributed by atoms with Crippen molar-refractivity contribution in [1.82, 2.24) is 0 Å². The number of nitriles is 1. The fourth-order valence-corrected chi connectivity index (χ4v) is 1.56. The summed E-state index contributed by atoms with van der Waals surface area (Å²) >= 11 is 0. The third kappa shape index (κ3) is 3.75. The summed E-state index contributed by atoms with van der Waals surface area (Å²) in [6.07, 6.45) is -3.16. The SMILES string of the molecule is C=CCC(Nc1ccc(C(F)(F)F)c(C#N)c1)C(=O)O. The van der Waals surface area contributed by atoms with Gasteiger partial charge >= 0.3 is 12.1 Å². The van der Waals surface area contributed by atoms with Crippen molar-refractivity contribution in [3.63, 3.8) is 0 Å². The summed E-state index contributed by atoms with van der Waals surface area (Å²) in [6.45, 7) is 3.40. The maximum atomic E-state index is 12.6. The van der Waals surface area contributed by atoms with Crippen molar-refractivity contribution in [2.45, 2.75) is 18.6 Å². The number of hydrogen-bond donors (Lipinski definition) is 2. The smallest absolute Gasteiger partial charge is 0.417 e. The lowest BCUT2D eigenvalue weighted by Gasteiger charge is -2.15. The first kappa shape index (κ1) is 15.6. The van der Waals surface area contributed by atoms with Crippen LogP contribution >= 0.6 is 0 Å². The van der Waals surface area contributed by atoms with E-state index in [9.17, 15) is 18.0 Å². The van der Waals surface area contributed by atoms with Gasteiger partial charge in [-0.2, -0.15) is 18.4 Å². The van der Waals surface area contributed by atoms with Gasteiger partial charge in [0.25, 0.3) is 0 Å². The molecular formula is C13H11F3N2O2. The zero-order chi connectivity index (χ0) is 15.3. The van der Waals surface area contributed by atoms with Crippen LogP contribution < -0.4 is 5.32 Å². The lowest BCUT2D eigenvalue weighted by molar-refractivity contribution is -0.138. The van der Waals surface area contributed by atoms with Crippen molar-refractivity contribution in [3.05, 3.63) is 42.0 Å². The van der Waals surface area contributed by atoms with Gasteiger partial charge in [-0.3, -0.25) is 0 Å². The Kier molecular flexibility index (Phi) is 4.75. The molecule has 0 aliphatic rings. The summed E-state index contributed by atoms with van der Waals surface area (Å²) in [4.78, 5) is 10.9. The molecule has 0 aliphatic heterocycles. The fourth-order valence-electron chi connectivity index (χ4n) is 1.56. The van der Waals surface area contributed by atoms with E-state index in [-0.39, 0.29) is 12.1 Å². The van der Waals surface area contributed by atoms with Gasteiger partial charge in [-0.15, -0.1) is 6.58 Å². The van der Waals surface area contributed by atoms with Crippen LogP contribution in [0.2, 0.25) is 0 Å². The Morgan fingerprint density at radius 1 is 1.55 bits per heavy atom. The molecule has 0 saturated carbocycles. The number of carboxylic acid groups (broad SMARTS) is 1. The molecule has 0 aromatic heterocycles. The molecule has 4 nitrogen and oxygen atoms in total. The zero-order valence-corrected chi connectivity index (χ0v) is 10.2. The summed E-state index contributed by atoms with van der Waals surface area (Å²) in [7, 11) is 0. The Balaban J connectivity index is 3.08. The van der Waals surface area contributed by atoms with Crippen molar-refractivity contribution >= 4 is 11.7 Å². The van der Waals surface area contributed by atoms with Crippen LogP contribution in [0.25, 0.3) is 0 Å². The van der Waals surface area contributed by atoms with Crippen molar-refractivity contribution in [3.8, 4) is 6.07 Å². The number of nitrogens with one attached hydrogen (secondary N) is 1. The highest BCUT2D eigenvalue weighted by atomic mass is 19.4. The number of halogens is 3. The quantitative estimate of drug-likeness (QED) is 0.815. The van der Waals surface area contributed by atoms with Crippen LogP contribution in [0.3, 0.4) is 0 Å². The van der Waals surface area contributed by atoms with Crippen LogP contribution in [-0.2, 0) is 11.0 Å². The lowest BCUT2D eigenvalue weighted by Crippen LogP contribution is -2.28. The Morgan fingerprint density at radius 2 is 2.20 bits per heavy atom. The molecule has 0 fully saturated rings. The molecule has 0 bridgehead atoms. The van der Waals surface area contributed by atoms with E-state index in [2.05, 4.69) is 11.9 Å². The molecule has 0 saturated heterocycles. The van der Waals surface area contributed by atoms with Gasteiger partial charge in [0, 0.05) is 5.69 Å². The van der Waals surface area contributed by atoms with Crippen LogP contribution in [0.5, 0.6) is 0 Å². The molecule has 0 amide bonds. The second-order valence-electron chi connectivity index (χ2n) is 3.93. The minimum Gasteiger partial charge on any atom is -0.480 e. The van der Waals surface area contributed by atoms with Gasteiger partial charge in [0.1, 0.15) is 6.04 Å². The molecule has 106 valence electrons. The summed E-state index contributed by atoms with van der Waals surface area (Å²) < 4.78 is 37.8. The Labute approximate surface area is 113 Å². The number of alkyl halides is 3. The van der Waals surface area contributed by atoms with Gasteiger partial charge in [0.15, 0.2) is 0 Å². The molecule has 1 aromatic carbocycles. The zero-order valence-electron chi connectivity index (χ0n) is 10.2. The number of anilines is 1. The first-order valence-corrected chi connectivity index (χ1v) is 5.51. The number of nitrogens with zero attached hydrogens (tertiary/aromatic N) is 1. The number of carbonyl (C=O) groups is 1.